The summed E-state index contributed by atoms with van der Waals surface area (Å²) in [5.74, 6) is -1.14. The van der Waals surface area contributed by atoms with Gasteiger partial charge < -0.3 is 5.11 Å². The molecule has 5 nitrogen and oxygen atoms in total. The molecular formula is C15H21NO4S. The molecule has 1 N–H and O–H groups in total. The van der Waals surface area contributed by atoms with Gasteiger partial charge in [0.15, 0.2) is 0 Å². The molecule has 6 heteroatoms. The van der Waals surface area contributed by atoms with Crippen LogP contribution in [-0.2, 0) is 10.0 Å². The largest absolute Gasteiger partial charge is 0.478 e. The van der Waals surface area contributed by atoms with Crippen LogP contribution in [0.4, 0.5) is 0 Å². The molecule has 0 aliphatic carbocycles. The molecule has 0 aliphatic rings. The summed E-state index contributed by atoms with van der Waals surface area (Å²) in [6, 6.07) is 2.45. The van der Waals surface area contributed by atoms with Crippen LogP contribution in [0.1, 0.15) is 35.3 Å². The summed E-state index contributed by atoms with van der Waals surface area (Å²) in [6.45, 7) is 10.7. The first kappa shape index (κ1) is 17.4. The molecule has 0 heterocycles. The Morgan fingerprint density at radius 1 is 1.38 bits per heavy atom. The quantitative estimate of drug-likeness (QED) is 0.819. The first-order valence-electron chi connectivity index (χ1n) is 6.60. The van der Waals surface area contributed by atoms with Crippen molar-refractivity contribution >= 4 is 16.0 Å². The van der Waals surface area contributed by atoms with E-state index >= 15 is 0 Å². The highest BCUT2D eigenvalue weighted by Crippen LogP contribution is 2.25. The fraction of sp³-hybridized carbons (Fsp3) is 0.400. The van der Waals surface area contributed by atoms with Crippen LogP contribution < -0.4 is 0 Å². The summed E-state index contributed by atoms with van der Waals surface area (Å²) >= 11 is 0. The van der Waals surface area contributed by atoms with Crippen LogP contribution in [0.3, 0.4) is 0 Å². The van der Waals surface area contributed by atoms with E-state index in [-0.39, 0.29) is 23.0 Å². The summed E-state index contributed by atoms with van der Waals surface area (Å²) in [7, 11) is -3.77. The van der Waals surface area contributed by atoms with Gasteiger partial charge in [-0.05, 0) is 51.0 Å². The van der Waals surface area contributed by atoms with Gasteiger partial charge in [0.1, 0.15) is 0 Å². The number of carboxylic acid groups (broad SMARTS) is 1. The lowest BCUT2D eigenvalue weighted by Crippen LogP contribution is -2.37. The average Bonchev–Trinajstić information content (AvgIpc) is 2.37. The topological polar surface area (TPSA) is 74.7 Å². The molecule has 0 spiro atoms. The molecule has 116 valence electrons. The molecule has 0 saturated carbocycles. The normalized spacial score (nSPS) is 11.9. The lowest BCUT2D eigenvalue weighted by atomic mass is 10.1. The van der Waals surface area contributed by atoms with E-state index < -0.39 is 16.0 Å². The molecule has 0 radical (unpaired) electrons. The van der Waals surface area contributed by atoms with Gasteiger partial charge in [0.2, 0.25) is 10.0 Å². The zero-order valence-electron chi connectivity index (χ0n) is 12.8. The van der Waals surface area contributed by atoms with E-state index in [0.717, 1.165) is 0 Å². The van der Waals surface area contributed by atoms with Crippen LogP contribution in [0, 0.1) is 13.8 Å². The molecule has 0 aliphatic heterocycles. The minimum absolute atomic E-state index is 0.0287. The summed E-state index contributed by atoms with van der Waals surface area (Å²) < 4.78 is 26.9. The molecule has 21 heavy (non-hydrogen) atoms. The van der Waals surface area contributed by atoms with Crippen molar-refractivity contribution in [3.63, 3.8) is 0 Å². The Labute approximate surface area is 126 Å². The second-order valence-electron chi connectivity index (χ2n) is 5.18. The SMILES string of the molecule is C=CCN(C(C)C)S(=O)(=O)c1cc(C(=O)O)cc(C)c1C. The van der Waals surface area contributed by atoms with Gasteiger partial charge in [0.05, 0.1) is 10.5 Å². The van der Waals surface area contributed by atoms with E-state index in [9.17, 15) is 13.2 Å². The number of aromatic carboxylic acids is 1. The molecule has 1 rings (SSSR count). The summed E-state index contributed by atoms with van der Waals surface area (Å²) in [4.78, 5) is 11.2. The standard InChI is InChI=1S/C15H21NO4S/c1-6-7-16(10(2)3)21(19,20)14-9-13(15(17)18)8-11(4)12(14)5/h6,8-10H,1,7H2,2-5H3,(H,17,18). The Morgan fingerprint density at radius 2 is 1.95 bits per heavy atom. The van der Waals surface area contributed by atoms with Crippen molar-refractivity contribution in [1.29, 1.82) is 0 Å². The molecule has 0 aromatic heterocycles. The van der Waals surface area contributed by atoms with Gasteiger partial charge in [0.25, 0.3) is 0 Å². The third-order valence-corrected chi connectivity index (χ3v) is 5.51. The molecule has 0 bridgehead atoms. The highest BCUT2D eigenvalue weighted by Gasteiger charge is 2.29. The molecule has 0 amide bonds. The Bertz CT molecular complexity index is 662. The van der Waals surface area contributed by atoms with Gasteiger partial charge in [-0.2, -0.15) is 4.31 Å². The van der Waals surface area contributed by atoms with Crippen molar-refractivity contribution in [1.82, 2.24) is 4.31 Å². The van der Waals surface area contributed by atoms with E-state index in [2.05, 4.69) is 6.58 Å². The third-order valence-electron chi connectivity index (χ3n) is 3.34. The van der Waals surface area contributed by atoms with Crippen molar-refractivity contribution in [2.45, 2.75) is 38.6 Å². The van der Waals surface area contributed by atoms with Crippen molar-refractivity contribution in [3.05, 3.63) is 41.5 Å². The van der Waals surface area contributed by atoms with E-state index in [1.54, 1.807) is 27.7 Å². The third kappa shape index (κ3) is 3.51. The molecule has 1 aromatic carbocycles. The van der Waals surface area contributed by atoms with E-state index in [1.165, 1.54) is 22.5 Å². The van der Waals surface area contributed by atoms with Crippen LogP contribution in [0.25, 0.3) is 0 Å². The number of benzene rings is 1. The first-order chi connectivity index (χ1) is 9.62. The first-order valence-corrected chi connectivity index (χ1v) is 8.04. The monoisotopic (exact) mass is 311 g/mol. The number of nitrogens with zero attached hydrogens (tertiary/aromatic N) is 1. The maximum absolute atomic E-state index is 12.8. The molecule has 0 fully saturated rings. The van der Waals surface area contributed by atoms with E-state index in [0.29, 0.717) is 11.1 Å². The number of hydrogen-bond donors (Lipinski definition) is 1. The number of carboxylic acids is 1. The Hall–Kier alpha value is -1.66. The van der Waals surface area contributed by atoms with Gasteiger partial charge in [0, 0.05) is 12.6 Å². The summed E-state index contributed by atoms with van der Waals surface area (Å²) in [5.41, 5.74) is 1.17. The second kappa shape index (κ2) is 6.41. The lowest BCUT2D eigenvalue weighted by Gasteiger charge is -2.26. The Balaban J connectivity index is 3.56. The summed E-state index contributed by atoms with van der Waals surface area (Å²) in [5, 5.41) is 9.12. The van der Waals surface area contributed by atoms with Crippen LogP contribution in [0.15, 0.2) is 29.7 Å². The number of aryl methyl sites for hydroxylation is 1. The van der Waals surface area contributed by atoms with Crippen molar-refractivity contribution in [3.8, 4) is 0 Å². The Kier molecular flexibility index (Phi) is 5.31. The zero-order valence-corrected chi connectivity index (χ0v) is 13.6. The van der Waals surface area contributed by atoms with E-state index in [1.807, 2.05) is 0 Å². The van der Waals surface area contributed by atoms with Crippen LogP contribution >= 0.6 is 0 Å². The van der Waals surface area contributed by atoms with E-state index in [4.69, 9.17) is 5.11 Å². The zero-order chi connectivity index (χ0) is 16.4. The number of rotatable bonds is 6. The number of carbonyl (C=O) groups is 1. The van der Waals surface area contributed by atoms with Gasteiger partial charge in [-0.3, -0.25) is 0 Å². The predicted octanol–water partition coefficient (Wildman–Crippen LogP) is 2.59. The molecule has 0 atom stereocenters. The molecule has 0 saturated heterocycles. The van der Waals surface area contributed by atoms with Crippen LogP contribution in [0.5, 0.6) is 0 Å². The fourth-order valence-electron chi connectivity index (χ4n) is 2.06. The fourth-order valence-corrected chi connectivity index (χ4v) is 3.99. The van der Waals surface area contributed by atoms with Gasteiger partial charge >= 0.3 is 5.97 Å². The van der Waals surface area contributed by atoms with Crippen molar-refractivity contribution in [2.24, 2.45) is 0 Å². The summed E-state index contributed by atoms with van der Waals surface area (Å²) in [6.07, 6.45) is 1.51. The van der Waals surface area contributed by atoms with Gasteiger partial charge in [-0.15, -0.1) is 6.58 Å². The van der Waals surface area contributed by atoms with Crippen molar-refractivity contribution in [2.75, 3.05) is 6.54 Å². The number of hydrogen-bond acceptors (Lipinski definition) is 3. The minimum Gasteiger partial charge on any atom is -0.478 e. The smallest absolute Gasteiger partial charge is 0.335 e. The second-order valence-corrected chi connectivity index (χ2v) is 7.04. The molecule has 0 unspecified atom stereocenters. The molecular weight excluding hydrogens is 290 g/mol. The minimum atomic E-state index is -3.77. The predicted molar refractivity (Wildman–Crippen MR) is 82.1 cm³/mol. The van der Waals surface area contributed by atoms with Crippen LogP contribution in [0.2, 0.25) is 0 Å². The maximum Gasteiger partial charge on any atom is 0.335 e. The Morgan fingerprint density at radius 3 is 2.38 bits per heavy atom. The lowest BCUT2D eigenvalue weighted by molar-refractivity contribution is 0.0696. The highest BCUT2D eigenvalue weighted by atomic mass is 32.2. The number of sulfonamides is 1. The maximum atomic E-state index is 12.8. The van der Waals surface area contributed by atoms with Gasteiger partial charge in [-0.1, -0.05) is 6.08 Å². The van der Waals surface area contributed by atoms with Crippen LogP contribution in [-0.4, -0.2) is 36.4 Å². The van der Waals surface area contributed by atoms with Crippen molar-refractivity contribution < 1.29 is 18.3 Å². The average molecular weight is 311 g/mol. The highest BCUT2D eigenvalue weighted by molar-refractivity contribution is 7.89. The van der Waals surface area contributed by atoms with Gasteiger partial charge in [-0.25, -0.2) is 13.2 Å². The molecule has 1 aromatic rings.